The molecule has 3 heterocycles. The van der Waals surface area contributed by atoms with Gasteiger partial charge >= 0.3 is 6.03 Å². The molecule has 6 heteroatoms. The van der Waals surface area contributed by atoms with Gasteiger partial charge in [0, 0.05) is 12.1 Å². The topological polar surface area (TPSA) is 87.5 Å². The van der Waals surface area contributed by atoms with Crippen LogP contribution in [0.5, 0.6) is 0 Å². The molecule has 3 saturated heterocycles. The van der Waals surface area contributed by atoms with Gasteiger partial charge in [0.05, 0.1) is 11.1 Å². The Morgan fingerprint density at radius 1 is 1.03 bits per heavy atom. The van der Waals surface area contributed by atoms with E-state index in [1.807, 2.05) is 32.9 Å². The number of piperidine rings is 3. The Labute approximate surface area is 196 Å². The van der Waals surface area contributed by atoms with Gasteiger partial charge in [-0.2, -0.15) is 0 Å². The van der Waals surface area contributed by atoms with E-state index in [0.717, 1.165) is 60.3 Å². The molecule has 4 N–H and O–H groups in total. The first-order valence-corrected chi connectivity index (χ1v) is 11.8. The Morgan fingerprint density at radius 3 is 2.15 bits per heavy atom. The lowest BCUT2D eigenvalue weighted by Gasteiger charge is -2.52. The second kappa shape index (κ2) is 8.49. The van der Waals surface area contributed by atoms with Crippen molar-refractivity contribution in [2.45, 2.75) is 58.5 Å². The van der Waals surface area contributed by atoms with Crippen LogP contribution in [0.1, 0.15) is 60.7 Å². The van der Waals surface area contributed by atoms with Crippen molar-refractivity contribution in [2.24, 2.45) is 11.7 Å². The van der Waals surface area contributed by atoms with E-state index in [2.05, 4.69) is 47.6 Å². The number of carbonyl (C=O) groups excluding carboxylic acids is 2. The molecule has 6 nitrogen and oxygen atoms in total. The number of nitrogens with one attached hydrogen (secondary N) is 2. The largest absolute Gasteiger partial charge is 0.366 e. The molecule has 3 fully saturated rings. The fourth-order valence-corrected chi connectivity index (χ4v) is 5.58. The fraction of sp³-hybridized carbons (Fsp3) is 0.481. The number of nitrogens with zero attached hydrogens (tertiary/aromatic N) is 1. The summed E-state index contributed by atoms with van der Waals surface area (Å²) in [5.74, 6) is 0.122. The van der Waals surface area contributed by atoms with Gasteiger partial charge in [-0.25, -0.2) is 4.79 Å². The molecule has 3 aliphatic rings. The third kappa shape index (κ3) is 4.62. The molecule has 2 aromatic rings. The Hall–Kier alpha value is -2.86. The average molecular weight is 449 g/mol. The lowest BCUT2D eigenvalue weighted by atomic mass is 9.74. The number of nitrogens with two attached hydrogens (primary N) is 1. The van der Waals surface area contributed by atoms with Crippen LogP contribution in [0, 0.1) is 19.8 Å². The predicted octanol–water partition coefficient (Wildman–Crippen LogP) is 4.09. The summed E-state index contributed by atoms with van der Waals surface area (Å²) in [6.07, 6.45) is 2.31. The number of hydrogen-bond acceptors (Lipinski definition) is 3. The van der Waals surface area contributed by atoms with Crippen LogP contribution in [0.3, 0.4) is 0 Å². The van der Waals surface area contributed by atoms with Gasteiger partial charge in [0.1, 0.15) is 0 Å². The minimum Gasteiger partial charge on any atom is -0.366 e. The SMILES string of the molecule is Cc1cc(C(N)=O)ccc1-c1ccc(C(C)(C)NC(=O)NC2(C)CN3CCC2CC3)cc1C. The third-order valence-electron chi connectivity index (χ3n) is 7.61. The summed E-state index contributed by atoms with van der Waals surface area (Å²) in [4.78, 5) is 26.9. The molecule has 5 rings (SSSR count). The monoisotopic (exact) mass is 448 g/mol. The van der Waals surface area contributed by atoms with Crippen LogP contribution in [-0.4, -0.2) is 42.0 Å². The summed E-state index contributed by atoms with van der Waals surface area (Å²) in [5.41, 5.74) is 10.6. The first-order valence-electron chi connectivity index (χ1n) is 11.8. The summed E-state index contributed by atoms with van der Waals surface area (Å²) in [6, 6.07) is 11.7. The molecule has 0 radical (unpaired) electrons. The highest BCUT2D eigenvalue weighted by molar-refractivity contribution is 5.93. The van der Waals surface area contributed by atoms with Gasteiger partial charge in [-0.15, -0.1) is 0 Å². The second-order valence-corrected chi connectivity index (χ2v) is 10.6. The van der Waals surface area contributed by atoms with Crippen molar-refractivity contribution in [3.63, 3.8) is 0 Å². The van der Waals surface area contributed by atoms with Crippen molar-refractivity contribution >= 4 is 11.9 Å². The molecule has 1 atom stereocenters. The quantitative estimate of drug-likeness (QED) is 0.644. The molecular weight excluding hydrogens is 412 g/mol. The third-order valence-corrected chi connectivity index (χ3v) is 7.61. The molecule has 3 aliphatic heterocycles. The van der Waals surface area contributed by atoms with Gasteiger partial charge in [-0.1, -0.05) is 24.3 Å². The maximum atomic E-state index is 13.0. The zero-order chi connectivity index (χ0) is 24.0. The molecule has 3 amide bonds. The number of amides is 3. The molecule has 1 unspecified atom stereocenters. The van der Waals surface area contributed by atoms with Crippen molar-refractivity contribution in [1.29, 1.82) is 0 Å². The van der Waals surface area contributed by atoms with Crippen LogP contribution in [0.4, 0.5) is 4.79 Å². The van der Waals surface area contributed by atoms with Crippen LogP contribution in [0.25, 0.3) is 11.1 Å². The van der Waals surface area contributed by atoms with E-state index >= 15 is 0 Å². The van der Waals surface area contributed by atoms with Gasteiger partial charge in [0.15, 0.2) is 0 Å². The minimum absolute atomic E-state index is 0.115. The molecule has 2 bridgehead atoms. The highest BCUT2D eigenvalue weighted by Gasteiger charge is 2.44. The van der Waals surface area contributed by atoms with Gasteiger partial charge in [0.25, 0.3) is 0 Å². The van der Waals surface area contributed by atoms with Crippen molar-refractivity contribution in [3.05, 3.63) is 58.7 Å². The van der Waals surface area contributed by atoms with Gasteiger partial charge in [-0.3, -0.25) is 4.79 Å². The van der Waals surface area contributed by atoms with Gasteiger partial charge in [0.2, 0.25) is 5.91 Å². The number of benzene rings is 2. The van der Waals surface area contributed by atoms with E-state index in [1.165, 1.54) is 0 Å². The number of hydrogen-bond donors (Lipinski definition) is 3. The number of aryl methyl sites for hydroxylation is 2. The summed E-state index contributed by atoms with van der Waals surface area (Å²) in [7, 11) is 0. The average Bonchev–Trinajstić information content (AvgIpc) is 2.73. The van der Waals surface area contributed by atoms with Crippen LogP contribution < -0.4 is 16.4 Å². The molecule has 176 valence electrons. The van der Waals surface area contributed by atoms with Crippen molar-refractivity contribution in [3.8, 4) is 11.1 Å². The summed E-state index contributed by atoms with van der Waals surface area (Å²) in [6.45, 7) is 13.5. The smallest absolute Gasteiger partial charge is 0.315 e. The standard InChI is InChI=1S/C27H36N4O2/c1-17-14-19(24(28)32)6-8-22(17)23-9-7-21(15-18(23)2)26(3,4)29-25(33)30-27(5)16-31-12-10-20(27)11-13-31/h6-9,14-15,20H,10-13,16H2,1-5H3,(H2,28,32)(H2,29,30,33). The number of urea groups is 1. The van der Waals surface area contributed by atoms with E-state index in [9.17, 15) is 9.59 Å². The van der Waals surface area contributed by atoms with Crippen LogP contribution in [0.2, 0.25) is 0 Å². The number of carbonyl (C=O) groups is 2. The van der Waals surface area contributed by atoms with E-state index in [4.69, 9.17) is 5.73 Å². The van der Waals surface area contributed by atoms with Crippen LogP contribution >= 0.6 is 0 Å². The highest BCUT2D eigenvalue weighted by atomic mass is 16.2. The van der Waals surface area contributed by atoms with E-state index in [1.54, 1.807) is 6.07 Å². The second-order valence-electron chi connectivity index (χ2n) is 10.6. The molecule has 0 saturated carbocycles. The van der Waals surface area contributed by atoms with Crippen LogP contribution in [0.15, 0.2) is 36.4 Å². The van der Waals surface area contributed by atoms with Crippen molar-refractivity contribution < 1.29 is 9.59 Å². The first-order chi connectivity index (χ1) is 15.5. The Morgan fingerprint density at radius 2 is 1.64 bits per heavy atom. The lowest BCUT2D eigenvalue weighted by molar-refractivity contribution is 0.0224. The van der Waals surface area contributed by atoms with E-state index in [-0.39, 0.29) is 11.6 Å². The lowest BCUT2D eigenvalue weighted by Crippen LogP contribution is -2.67. The zero-order valence-electron chi connectivity index (χ0n) is 20.4. The number of fused-ring (bicyclic) bond motifs is 3. The Kier molecular flexibility index (Phi) is 5.99. The fourth-order valence-electron chi connectivity index (χ4n) is 5.58. The zero-order valence-corrected chi connectivity index (χ0v) is 20.4. The Bertz CT molecular complexity index is 1090. The van der Waals surface area contributed by atoms with Gasteiger partial charge < -0.3 is 21.3 Å². The molecule has 0 aromatic heterocycles. The Balaban J connectivity index is 1.50. The first kappa shape index (κ1) is 23.3. The predicted molar refractivity (Wildman–Crippen MR) is 132 cm³/mol. The van der Waals surface area contributed by atoms with Crippen molar-refractivity contribution in [2.75, 3.05) is 19.6 Å². The van der Waals surface area contributed by atoms with E-state index in [0.29, 0.717) is 11.5 Å². The maximum Gasteiger partial charge on any atom is 0.315 e. The summed E-state index contributed by atoms with van der Waals surface area (Å²) in [5, 5.41) is 6.50. The summed E-state index contributed by atoms with van der Waals surface area (Å²) >= 11 is 0. The molecule has 0 aliphatic carbocycles. The van der Waals surface area contributed by atoms with Crippen LogP contribution in [-0.2, 0) is 5.54 Å². The van der Waals surface area contributed by atoms with E-state index < -0.39 is 11.4 Å². The molecule has 0 spiro atoms. The molecular formula is C27H36N4O2. The van der Waals surface area contributed by atoms with Gasteiger partial charge in [-0.05, 0) is 106 Å². The number of primary amides is 1. The van der Waals surface area contributed by atoms with Crippen molar-refractivity contribution in [1.82, 2.24) is 15.5 Å². The highest BCUT2D eigenvalue weighted by Crippen LogP contribution is 2.35. The molecule has 33 heavy (non-hydrogen) atoms. The minimum atomic E-state index is -0.525. The maximum absolute atomic E-state index is 13.0. The normalized spacial score (nSPS) is 24.4. The molecule has 2 aromatic carbocycles. The number of rotatable bonds is 5. The summed E-state index contributed by atoms with van der Waals surface area (Å²) < 4.78 is 0.